The molecule has 0 aliphatic carbocycles. The van der Waals surface area contributed by atoms with Crippen molar-refractivity contribution in [3.05, 3.63) is 83.2 Å². The standard InChI is InChI=1S/C21H17F6NO3/c1-13(15-9-16(20(22,23)24)11-17(10-15)21(25,26)27)31-19-18(29)28(7-8-30-19)12-14-5-3-2-4-6-14/h2-11,13,19H,12H2,1H3/t13?,19-/m0/s1. The number of alkyl halides is 6. The van der Waals surface area contributed by atoms with Crippen LogP contribution in [0.15, 0.2) is 61.0 Å². The minimum Gasteiger partial charge on any atom is -0.461 e. The zero-order valence-electron chi connectivity index (χ0n) is 16.1. The van der Waals surface area contributed by atoms with Gasteiger partial charge < -0.3 is 14.4 Å². The summed E-state index contributed by atoms with van der Waals surface area (Å²) in [5.74, 6) is -0.638. The molecule has 2 aromatic carbocycles. The summed E-state index contributed by atoms with van der Waals surface area (Å²) >= 11 is 0. The van der Waals surface area contributed by atoms with Crippen LogP contribution in [0.4, 0.5) is 26.3 Å². The molecule has 0 radical (unpaired) electrons. The van der Waals surface area contributed by atoms with Crippen molar-refractivity contribution in [3.63, 3.8) is 0 Å². The molecular formula is C21H17F6NO3. The Morgan fingerprint density at radius 2 is 1.58 bits per heavy atom. The van der Waals surface area contributed by atoms with Gasteiger partial charge in [0.25, 0.3) is 12.2 Å². The van der Waals surface area contributed by atoms with E-state index < -0.39 is 41.8 Å². The Bertz CT molecular complexity index is 924. The van der Waals surface area contributed by atoms with Crippen molar-refractivity contribution in [1.82, 2.24) is 4.90 Å². The highest BCUT2D eigenvalue weighted by atomic mass is 19.4. The minimum absolute atomic E-state index is 0.0306. The SMILES string of the molecule is CC(O[C@@H]1OC=CN(Cc2ccccc2)C1=O)c1cc(C(F)(F)F)cc(C(F)(F)F)c1. The molecule has 0 bridgehead atoms. The first kappa shape index (κ1) is 22.7. The summed E-state index contributed by atoms with van der Waals surface area (Å²) in [7, 11) is 0. The fourth-order valence-electron chi connectivity index (χ4n) is 2.93. The normalized spacial score (nSPS) is 18.1. The van der Waals surface area contributed by atoms with Crippen LogP contribution in [-0.4, -0.2) is 17.1 Å². The van der Waals surface area contributed by atoms with Crippen molar-refractivity contribution >= 4 is 5.91 Å². The van der Waals surface area contributed by atoms with E-state index in [0.29, 0.717) is 12.1 Å². The fourth-order valence-corrected chi connectivity index (χ4v) is 2.93. The second kappa shape index (κ2) is 8.62. The van der Waals surface area contributed by atoms with Gasteiger partial charge in [-0.1, -0.05) is 30.3 Å². The van der Waals surface area contributed by atoms with Gasteiger partial charge >= 0.3 is 12.4 Å². The summed E-state index contributed by atoms with van der Waals surface area (Å²) in [5, 5.41) is 0. The van der Waals surface area contributed by atoms with E-state index in [9.17, 15) is 31.1 Å². The van der Waals surface area contributed by atoms with E-state index in [1.165, 1.54) is 24.3 Å². The van der Waals surface area contributed by atoms with Crippen LogP contribution in [0, 0.1) is 0 Å². The predicted molar refractivity (Wildman–Crippen MR) is 97.0 cm³/mol. The van der Waals surface area contributed by atoms with E-state index in [4.69, 9.17) is 9.47 Å². The largest absolute Gasteiger partial charge is 0.461 e. The molecule has 0 saturated heterocycles. The van der Waals surface area contributed by atoms with E-state index in [1.807, 2.05) is 0 Å². The maximum absolute atomic E-state index is 13.1. The van der Waals surface area contributed by atoms with Crippen molar-refractivity contribution in [3.8, 4) is 0 Å². The lowest BCUT2D eigenvalue weighted by Crippen LogP contribution is -2.41. The minimum atomic E-state index is -4.98. The van der Waals surface area contributed by atoms with E-state index in [-0.39, 0.29) is 18.2 Å². The number of hydrogen-bond acceptors (Lipinski definition) is 3. The Morgan fingerprint density at radius 1 is 1.00 bits per heavy atom. The second-order valence-electron chi connectivity index (χ2n) is 6.82. The molecule has 1 heterocycles. The third-order valence-corrected chi connectivity index (χ3v) is 4.53. The van der Waals surface area contributed by atoms with Gasteiger partial charge in [0.2, 0.25) is 0 Å². The first-order valence-corrected chi connectivity index (χ1v) is 9.06. The molecule has 1 amide bonds. The summed E-state index contributed by atoms with van der Waals surface area (Å²) < 4.78 is 89.0. The Hall–Kier alpha value is -3.01. The monoisotopic (exact) mass is 445 g/mol. The molecule has 1 unspecified atom stereocenters. The Morgan fingerprint density at radius 3 is 2.13 bits per heavy atom. The average Bonchev–Trinajstić information content (AvgIpc) is 2.70. The molecule has 31 heavy (non-hydrogen) atoms. The van der Waals surface area contributed by atoms with E-state index >= 15 is 0 Å². The summed E-state index contributed by atoms with van der Waals surface area (Å²) in [6.45, 7) is 1.43. The zero-order valence-corrected chi connectivity index (χ0v) is 16.1. The molecule has 4 nitrogen and oxygen atoms in total. The van der Waals surface area contributed by atoms with Crippen LogP contribution >= 0.6 is 0 Å². The average molecular weight is 445 g/mol. The quantitative estimate of drug-likeness (QED) is 0.558. The van der Waals surface area contributed by atoms with Gasteiger partial charge in [0.05, 0.1) is 23.8 Å². The summed E-state index contributed by atoms with van der Waals surface area (Å²) in [5.41, 5.74) is -2.51. The van der Waals surface area contributed by atoms with E-state index in [1.54, 1.807) is 30.3 Å². The first-order chi connectivity index (χ1) is 14.4. The van der Waals surface area contributed by atoms with Crippen LogP contribution in [0.25, 0.3) is 0 Å². The van der Waals surface area contributed by atoms with Crippen molar-refractivity contribution in [2.24, 2.45) is 0 Å². The number of benzene rings is 2. The van der Waals surface area contributed by atoms with Crippen LogP contribution in [0.2, 0.25) is 0 Å². The molecule has 3 rings (SSSR count). The van der Waals surface area contributed by atoms with Gasteiger partial charge in [0.15, 0.2) is 0 Å². The van der Waals surface area contributed by atoms with Gasteiger partial charge in [-0.3, -0.25) is 4.79 Å². The topological polar surface area (TPSA) is 38.8 Å². The number of carbonyl (C=O) groups is 1. The number of halogens is 6. The molecule has 2 aromatic rings. The third-order valence-electron chi connectivity index (χ3n) is 4.53. The van der Waals surface area contributed by atoms with Crippen LogP contribution < -0.4 is 0 Å². The van der Waals surface area contributed by atoms with Crippen LogP contribution in [0.1, 0.15) is 35.3 Å². The molecule has 166 valence electrons. The molecule has 1 aliphatic rings. The van der Waals surface area contributed by atoms with Gasteiger partial charge in [0, 0.05) is 6.20 Å². The van der Waals surface area contributed by atoms with Crippen molar-refractivity contribution < 1.29 is 40.6 Å². The zero-order chi connectivity index (χ0) is 22.8. The molecular weight excluding hydrogens is 428 g/mol. The maximum atomic E-state index is 13.1. The maximum Gasteiger partial charge on any atom is 0.416 e. The Balaban J connectivity index is 1.80. The first-order valence-electron chi connectivity index (χ1n) is 9.06. The second-order valence-corrected chi connectivity index (χ2v) is 6.82. The summed E-state index contributed by atoms with van der Waals surface area (Å²) in [4.78, 5) is 13.9. The van der Waals surface area contributed by atoms with Gasteiger partial charge in [-0.15, -0.1) is 0 Å². The molecule has 0 N–H and O–H groups in total. The number of ether oxygens (including phenoxy) is 2. The lowest BCUT2D eigenvalue weighted by atomic mass is 10.0. The van der Waals surface area contributed by atoms with E-state index in [0.717, 1.165) is 5.56 Å². The molecule has 0 fully saturated rings. The van der Waals surface area contributed by atoms with Crippen molar-refractivity contribution in [2.75, 3.05) is 0 Å². The molecule has 2 atom stereocenters. The lowest BCUT2D eigenvalue weighted by molar-refractivity contribution is -0.184. The summed E-state index contributed by atoms with van der Waals surface area (Å²) in [6, 6.07) is 10.1. The van der Waals surface area contributed by atoms with Crippen LogP contribution in [0.5, 0.6) is 0 Å². The van der Waals surface area contributed by atoms with Crippen molar-refractivity contribution in [1.29, 1.82) is 0 Å². The molecule has 0 saturated carbocycles. The smallest absolute Gasteiger partial charge is 0.416 e. The predicted octanol–water partition coefficient (Wildman–Crippen LogP) is 5.66. The number of carbonyl (C=O) groups excluding carboxylic acids is 1. The van der Waals surface area contributed by atoms with Gasteiger partial charge in [-0.25, -0.2) is 0 Å². The molecule has 1 aliphatic heterocycles. The number of hydrogen-bond donors (Lipinski definition) is 0. The summed E-state index contributed by atoms with van der Waals surface area (Å²) in [6.07, 6.45) is -10.2. The van der Waals surface area contributed by atoms with Crippen LogP contribution in [-0.2, 0) is 33.2 Å². The Labute approximate surface area is 173 Å². The molecule has 0 aromatic heterocycles. The number of nitrogens with zero attached hydrogens (tertiary/aromatic N) is 1. The third kappa shape index (κ3) is 5.57. The van der Waals surface area contributed by atoms with Crippen molar-refractivity contribution in [2.45, 2.75) is 38.2 Å². The van der Waals surface area contributed by atoms with Gasteiger partial charge in [-0.2, -0.15) is 26.3 Å². The fraction of sp³-hybridized carbons (Fsp3) is 0.286. The highest BCUT2D eigenvalue weighted by Gasteiger charge is 2.38. The van der Waals surface area contributed by atoms with E-state index in [2.05, 4.69) is 0 Å². The number of amides is 1. The lowest BCUT2D eigenvalue weighted by Gasteiger charge is -2.29. The Kier molecular flexibility index (Phi) is 6.30. The highest BCUT2D eigenvalue weighted by Crippen LogP contribution is 2.38. The van der Waals surface area contributed by atoms with Gasteiger partial charge in [-0.05, 0) is 36.2 Å². The molecule has 0 spiro atoms. The van der Waals surface area contributed by atoms with Crippen LogP contribution in [0.3, 0.4) is 0 Å². The van der Waals surface area contributed by atoms with Gasteiger partial charge in [0.1, 0.15) is 6.26 Å². The highest BCUT2D eigenvalue weighted by molar-refractivity contribution is 5.81. The number of rotatable bonds is 5. The molecule has 10 heteroatoms.